The Balaban J connectivity index is -0.00000000314. The molecule has 226 valence electrons. The van der Waals surface area contributed by atoms with Gasteiger partial charge in [0, 0.05) is 0 Å². The van der Waals surface area contributed by atoms with E-state index in [1.807, 2.05) is 0 Å². The minimum Gasteiger partial charge on any atom is -0.907 e. The van der Waals surface area contributed by atoms with E-state index in [9.17, 15) is 0 Å². The van der Waals surface area contributed by atoms with Crippen molar-refractivity contribution in [2.45, 2.75) is 0 Å². The van der Waals surface area contributed by atoms with E-state index in [0.29, 0.717) is 0 Å². The van der Waals surface area contributed by atoms with Gasteiger partial charge in [0.1, 0.15) is 0 Å². The standard InChI is InChI=1S/5Ag.4BO3.10H2O/c;;;;;4*2-1(3)4;;;;;;;;;;/h;;;;;;;;;10*1H2/q5*+1;4*-3;;;;;;;;;;. The number of hydrogen-bond donors (Lipinski definition) is 0. The molecule has 0 spiro atoms. The zero-order chi connectivity index (χ0) is 14.3. The third-order valence-electron chi connectivity index (χ3n) is 0. The van der Waals surface area contributed by atoms with Crippen LogP contribution in [0.25, 0.3) is 0 Å². The van der Waals surface area contributed by atoms with Crippen LogP contribution in [0.15, 0.2) is 0 Å². The average molecular weight is 955 g/mol. The summed E-state index contributed by atoms with van der Waals surface area (Å²) in [5.41, 5.74) is 0. The largest absolute Gasteiger partial charge is 1.00 e. The van der Waals surface area contributed by atoms with Crippen molar-refractivity contribution in [2.75, 3.05) is 0 Å². The van der Waals surface area contributed by atoms with Crippen LogP contribution < -0.4 is 60.3 Å². The molecule has 20 N–H and O–H groups in total. The normalized spacial score (nSPS) is 3.48. The summed E-state index contributed by atoms with van der Waals surface area (Å²) in [4.78, 5) is 0. The Morgan fingerprint density at radius 3 is 0.194 bits per heavy atom. The molecule has 0 saturated carbocycles. The van der Waals surface area contributed by atoms with Gasteiger partial charge in [-0.05, 0) is 0 Å². The Bertz CT molecular complexity index is 78.9. The van der Waals surface area contributed by atoms with Gasteiger partial charge in [0.15, 0.2) is 0 Å². The summed E-state index contributed by atoms with van der Waals surface area (Å²) < 4.78 is 0. The van der Waals surface area contributed by atoms with E-state index >= 15 is 0 Å². The van der Waals surface area contributed by atoms with Gasteiger partial charge in [0.2, 0.25) is 0 Å². The molecule has 31 heteroatoms. The monoisotopic (exact) mass is 951 g/mol. The van der Waals surface area contributed by atoms with Crippen molar-refractivity contribution in [3.8, 4) is 0 Å². The number of rotatable bonds is 0. The molecule has 0 rings (SSSR count). The molecule has 0 unspecified atom stereocenters. The van der Waals surface area contributed by atoms with Crippen LogP contribution in [0.2, 0.25) is 0 Å². The summed E-state index contributed by atoms with van der Waals surface area (Å²) in [5, 5.41) is 101. The van der Waals surface area contributed by atoms with Gasteiger partial charge < -0.3 is 115 Å². The summed E-state index contributed by atoms with van der Waals surface area (Å²) in [6, 6.07) is 0. The van der Waals surface area contributed by atoms with Crippen LogP contribution in [0.4, 0.5) is 0 Å². The Labute approximate surface area is 254 Å². The molecule has 0 aromatic heterocycles. The fourth-order valence-electron chi connectivity index (χ4n) is 0. The molecule has 0 atom stereocenters. The van der Waals surface area contributed by atoms with Gasteiger partial charge in [-0.1, -0.05) is 0 Å². The van der Waals surface area contributed by atoms with Crippen LogP contribution in [0.1, 0.15) is 0 Å². The fourth-order valence-corrected chi connectivity index (χ4v) is 0. The quantitative estimate of drug-likeness (QED) is 0.204. The van der Waals surface area contributed by atoms with Crippen molar-refractivity contribution in [2.24, 2.45) is 0 Å². The van der Waals surface area contributed by atoms with E-state index in [2.05, 4.69) is 0 Å². The Hall–Kier alpha value is 3.08. The second-order valence-corrected chi connectivity index (χ2v) is 1.15. The summed E-state index contributed by atoms with van der Waals surface area (Å²) in [7, 11) is -11.7. The molecule has 22 nitrogen and oxygen atoms in total. The molecule has 0 aliphatic rings. The van der Waals surface area contributed by atoms with Crippen LogP contribution in [-0.2, 0) is 112 Å². The molecule has 0 aliphatic heterocycles. The maximum Gasteiger partial charge on any atom is 1.00 e. The molecule has 0 aliphatic carbocycles. The van der Waals surface area contributed by atoms with Crippen molar-refractivity contribution in [3.63, 3.8) is 0 Å². The first-order valence-corrected chi connectivity index (χ1v) is 2.83. The Morgan fingerprint density at radius 1 is 0.194 bits per heavy atom. The van der Waals surface area contributed by atoms with Gasteiger partial charge in [-0.15, -0.1) is 0 Å². The minimum absolute atomic E-state index is 0. The first-order chi connectivity index (χ1) is 6.93. The van der Waals surface area contributed by atoms with Crippen molar-refractivity contribution in [1.82, 2.24) is 0 Å². The van der Waals surface area contributed by atoms with Gasteiger partial charge in [0.25, 0.3) is 0 Å². The molecule has 0 aromatic rings. The molecule has 0 radical (unpaired) electrons. The van der Waals surface area contributed by atoms with E-state index < -0.39 is 29.3 Å². The molecule has 0 fully saturated rings. The summed E-state index contributed by atoms with van der Waals surface area (Å²) in [5.74, 6) is 0. The molecule has 0 bridgehead atoms. The molecular formula is H20Ag5B4O22-7. The zero-order valence-electron chi connectivity index (χ0n) is 13.7. The van der Waals surface area contributed by atoms with Gasteiger partial charge in [-0.2, -0.15) is 0 Å². The van der Waals surface area contributed by atoms with E-state index in [1.165, 1.54) is 0 Å². The summed E-state index contributed by atoms with van der Waals surface area (Å²) >= 11 is 0. The van der Waals surface area contributed by atoms with Crippen LogP contribution in [0.3, 0.4) is 0 Å². The predicted molar refractivity (Wildman–Crippen MR) is 59.2 cm³/mol. The average Bonchev–Trinajstić information content (AvgIpc) is 1.76. The SMILES string of the molecule is O.O.O.O.O.O.O.O.O.O.[Ag+].[Ag+].[Ag+].[Ag+].[Ag+].[O-]B([O-])[O-].[O-]B([O-])[O-].[O-]B([O-])[O-].[O-]B([O-])[O-]. The fraction of sp³-hybridized carbons (Fsp3) is 0. The molecular weight excluding hydrogens is 935 g/mol. The number of hydrogen-bond acceptors (Lipinski definition) is 12. The third kappa shape index (κ3) is 3370. The second kappa shape index (κ2) is 150. The van der Waals surface area contributed by atoms with Gasteiger partial charge in [0.05, 0.1) is 0 Å². The van der Waals surface area contributed by atoms with Crippen LogP contribution >= 0.6 is 0 Å². The smallest absolute Gasteiger partial charge is 0.907 e. The molecule has 0 aromatic carbocycles. The van der Waals surface area contributed by atoms with Crippen molar-refractivity contribution in [3.05, 3.63) is 0 Å². The topological polar surface area (TPSA) is 592 Å². The molecule has 0 amide bonds. The van der Waals surface area contributed by atoms with Gasteiger partial charge in [-0.25, -0.2) is 0 Å². The second-order valence-electron chi connectivity index (χ2n) is 1.15. The van der Waals surface area contributed by atoms with E-state index in [-0.39, 0.29) is 167 Å². The molecule has 0 heterocycles. The van der Waals surface area contributed by atoms with Crippen molar-refractivity contribution < 1.29 is 227 Å². The van der Waals surface area contributed by atoms with Crippen molar-refractivity contribution >= 4 is 29.3 Å². The first-order valence-electron chi connectivity index (χ1n) is 2.83. The minimum atomic E-state index is -2.92. The zero-order valence-corrected chi connectivity index (χ0v) is 21.1. The van der Waals surface area contributed by atoms with Gasteiger partial charge in [-0.3, -0.25) is 29.3 Å². The predicted octanol–water partition coefficient (Wildman–Crippen LogP) is -24.1. The van der Waals surface area contributed by atoms with E-state index in [1.54, 1.807) is 0 Å². The summed E-state index contributed by atoms with van der Waals surface area (Å²) in [6.07, 6.45) is 0. The van der Waals surface area contributed by atoms with Crippen LogP contribution in [0.5, 0.6) is 0 Å². The molecule has 31 heavy (non-hydrogen) atoms. The van der Waals surface area contributed by atoms with Crippen LogP contribution in [0, 0.1) is 0 Å². The van der Waals surface area contributed by atoms with E-state index in [0.717, 1.165) is 0 Å². The first kappa shape index (κ1) is 164. The summed E-state index contributed by atoms with van der Waals surface area (Å²) in [6.45, 7) is 0. The Kier molecular flexibility index (Phi) is 792. The maximum absolute atomic E-state index is 8.42. The van der Waals surface area contributed by atoms with E-state index in [4.69, 9.17) is 60.3 Å². The third-order valence-corrected chi connectivity index (χ3v) is 0. The van der Waals surface area contributed by atoms with Gasteiger partial charge >= 0.3 is 112 Å². The Morgan fingerprint density at radius 2 is 0.194 bits per heavy atom. The van der Waals surface area contributed by atoms with Crippen LogP contribution in [-0.4, -0.2) is 84.0 Å². The molecule has 0 saturated heterocycles. The maximum atomic E-state index is 8.42. The van der Waals surface area contributed by atoms with Crippen molar-refractivity contribution in [1.29, 1.82) is 0 Å².